The van der Waals surface area contributed by atoms with E-state index >= 15 is 0 Å². The zero-order chi connectivity index (χ0) is 19.5. The Morgan fingerprint density at radius 3 is 2.59 bits per heavy atom. The van der Waals surface area contributed by atoms with E-state index in [0.717, 1.165) is 29.7 Å². The first-order chi connectivity index (χ1) is 12.7. The van der Waals surface area contributed by atoms with E-state index in [1.165, 1.54) is 23.6 Å². The summed E-state index contributed by atoms with van der Waals surface area (Å²) in [5.41, 5.74) is 4.44. The summed E-state index contributed by atoms with van der Waals surface area (Å²) in [6.45, 7) is 5.66. The summed E-state index contributed by atoms with van der Waals surface area (Å²) in [6.07, 6.45) is -2.55. The van der Waals surface area contributed by atoms with Crippen LogP contribution in [-0.4, -0.2) is 10.9 Å². The summed E-state index contributed by atoms with van der Waals surface area (Å²) >= 11 is 0.770. The van der Waals surface area contributed by atoms with Crippen LogP contribution in [0.2, 0.25) is 0 Å². The minimum Gasteiger partial charge on any atom is -0.321 e. The molecule has 1 amide bonds. The van der Waals surface area contributed by atoms with Gasteiger partial charge in [-0.2, -0.15) is 13.2 Å². The van der Waals surface area contributed by atoms with Gasteiger partial charge in [-0.1, -0.05) is 23.3 Å². The topological polar surface area (TPSA) is 42.0 Å². The number of benzene rings is 1. The number of allylic oxidation sites excluding steroid dienone is 2. The number of aryl methyl sites for hydroxylation is 1. The first-order valence-electron chi connectivity index (χ1n) is 8.84. The Labute approximate surface area is 159 Å². The van der Waals surface area contributed by atoms with Crippen LogP contribution < -0.4 is 5.32 Å². The van der Waals surface area contributed by atoms with Gasteiger partial charge >= 0.3 is 6.18 Å². The molecule has 2 bridgehead atoms. The quantitative estimate of drug-likeness (QED) is 0.634. The summed E-state index contributed by atoms with van der Waals surface area (Å²) in [7, 11) is 0. The zero-order valence-electron chi connectivity index (χ0n) is 15.2. The second kappa shape index (κ2) is 6.19. The minimum atomic E-state index is -4.65. The van der Waals surface area contributed by atoms with E-state index in [9.17, 15) is 18.0 Å². The number of hydrogen-bond acceptors (Lipinski definition) is 3. The van der Waals surface area contributed by atoms with Crippen LogP contribution in [0.5, 0.6) is 0 Å². The fourth-order valence-electron chi connectivity index (χ4n) is 4.54. The number of carbonyl (C=O) groups is 1. The van der Waals surface area contributed by atoms with E-state index in [-0.39, 0.29) is 15.8 Å². The standard InChI is InChI=1S/C20H19F3N2OS/c1-9(2)15-12-7-8-13(15)16-11(12)5-4-6-14(16)25-19(26)17-18(20(21,22)23)24-10(3)27-17/h4-6,12-13H,7-8H2,1-3H3,(H,25,26)/t12-,13-/m0/s1. The molecule has 142 valence electrons. The van der Waals surface area contributed by atoms with Crippen LogP contribution >= 0.6 is 11.3 Å². The van der Waals surface area contributed by atoms with Crippen LogP contribution in [0.3, 0.4) is 0 Å². The maximum atomic E-state index is 13.2. The van der Waals surface area contributed by atoms with Crippen molar-refractivity contribution in [2.45, 2.75) is 51.6 Å². The lowest BCUT2D eigenvalue weighted by atomic mass is 9.90. The number of rotatable bonds is 2. The SMILES string of the molecule is CC(C)=C1[C@H]2CC[C@@H]1c1c(NC(=O)c3sc(C)nc3C(F)(F)F)cccc12. The molecule has 1 aromatic carbocycles. The molecule has 2 aliphatic rings. The van der Waals surface area contributed by atoms with Gasteiger partial charge in [-0.15, -0.1) is 11.3 Å². The Bertz CT molecular complexity index is 970. The van der Waals surface area contributed by atoms with Gasteiger partial charge in [0, 0.05) is 17.5 Å². The van der Waals surface area contributed by atoms with Gasteiger partial charge in [-0.05, 0) is 50.8 Å². The Morgan fingerprint density at radius 1 is 1.22 bits per heavy atom. The highest BCUT2D eigenvalue weighted by molar-refractivity contribution is 7.13. The third-order valence-corrected chi connectivity index (χ3v) is 6.36. The van der Waals surface area contributed by atoms with Crippen LogP contribution in [0.25, 0.3) is 0 Å². The first-order valence-corrected chi connectivity index (χ1v) is 9.66. The van der Waals surface area contributed by atoms with Crippen molar-refractivity contribution in [2.75, 3.05) is 5.32 Å². The molecule has 2 aliphatic carbocycles. The summed E-state index contributed by atoms with van der Waals surface area (Å²) in [5, 5.41) is 2.96. The maximum absolute atomic E-state index is 13.2. The predicted octanol–water partition coefficient (Wildman–Crippen LogP) is 6.03. The Morgan fingerprint density at radius 2 is 1.93 bits per heavy atom. The molecule has 1 heterocycles. The predicted molar refractivity (Wildman–Crippen MR) is 99.3 cm³/mol. The van der Waals surface area contributed by atoms with E-state index in [2.05, 4.69) is 30.2 Å². The van der Waals surface area contributed by atoms with Gasteiger partial charge in [0.25, 0.3) is 5.91 Å². The number of aromatic nitrogens is 1. The first kappa shape index (κ1) is 18.2. The lowest BCUT2D eigenvalue weighted by Gasteiger charge is -2.18. The summed E-state index contributed by atoms with van der Waals surface area (Å²) in [4.78, 5) is 15.8. The average molecular weight is 392 g/mol. The summed E-state index contributed by atoms with van der Waals surface area (Å²) < 4.78 is 39.6. The molecule has 0 unspecified atom stereocenters. The molecule has 2 aromatic rings. The van der Waals surface area contributed by atoms with Crippen molar-refractivity contribution in [2.24, 2.45) is 0 Å². The zero-order valence-corrected chi connectivity index (χ0v) is 16.0. The molecule has 1 aromatic heterocycles. The highest BCUT2D eigenvalue weighted by atomic mass is 32.1. The van der Waals surface area contributed by atoms with Crippen LogP contribution in [0.4, 0.5) is 18.9 Å². The number of halogens is 3. The van der Waals surface area contributed by atoms with E-state index in [1.807, 2.05) is 6.07 Å². The molecular formula is C20H19F3N2OS. The summed E-state index contributed by atoms with van der Waals surface area (Å²) in [6, 6.07) is 5.71. The average Bonchev–Trinajstić information content (AvgIpc) is 3.25. The molecule has 0 aliphatic heterocycles. The van der Waals surface area contributed by atoms with Crippen LogP contribution in [0.15, 0.2) is 29.3 Å². The third kappa shape index (κ3) is 2.88. The number of carbonyl (C=O) groups excluding carboxylic acids is 1. The molecule has 4 rings (SSSR count). The van der Waals surface area contributed by atoms with Crippen molar-refractivity contribution >= 4 is 22.9 Å². The molecule has 0 saturated heterocycles. The minimum absolute atomic E-state index is 0.219. The second-order valence-electron chi connectivity index (χ2n) is 7.31. The molecule has 1 saturated carbocycles. The number of hydrogen-bond donors (Lipinski definition) is 1. The molecule has 7 heteroatoms. The number of anilines is 1. The fraction of sp³-hybridized carbons (Fsp3) is 0.400. The smallest absolute Gasteiger partial charge is 0.321 e. The molecule has 1 fully saturated rings. The largest absolute Gasteiger partial charge is 0.435 e. The molecule has 0 spiro atoms. The maximum Gasteiger partial charge on any atom is 0.435 e. The Hall–Kier alpha value is -2.15. The van der Waals surface area contributed by atoms with Crippen molar-refractivity contribution in [1.29, 1.82) is 0 Å². The molecule has 1 N–H and O–H groups in total. The van der Waals surface area contributed by atoms with Crippen molar-refractivity contribution in [3.8, 4) is 0 Å². The number of nitrogens with zero attached hydrogens (tertiary/aromatic N) is 1. The van der Waals surface area contributed by atoms with Crippen molar-refractivity contribution in [3.05, 3.63) is 56.1 Å². The van der Waals surface area contributed by atoms with E-state index in [0.29, 0.717) is 11.6 Å². The van der Waals surface area contributed by atoms with Crippen LogP contribution in [-0.2, 0) is 6.18 Å². The van der Waals surface area contributed by atoms with Gasteiger partial charge < -0.3 is 5.32 Å². The molecule has 27 heavy (non-hydrogen) atoms. The number of thiazole rings is 1. The van der Waals surface area contributed by atoms with Gasteiger partial charge in [0.15, 0.2) is 5.69 Å². The van der Waals surface area contributed by atoms with Crippen molar-refractivity contribution in [3.63, 3.8) is 0 Å². The Balaban J connectivity index is 1.72. The Kier molecular flexibility index (Phi) is 4.18. The second-order valence-corrected chi connectivity index (χ2v) is 8.51. The molecule has 0 radical (unpaired) electrons. The van der Waals surface area contributed by atoms with E-state index in [1.54, 1.807) is 6.07 Å². The molecule has 2 atom stereocenters. The highest BCUT2D eigenvalue weighted by Crippen LogP contribution is 2.59. The lowest BCUT2D eigenvalue weighted by molar-refractivity contribution is -0.141. The van der Waals surface area contributed by atoms with Crippen molar-refractivity contribution in [1.82, 2.24) is 4.98 Å². The number of amides is 1. The van der Waals surface area contributed by atoms with Gasteiger partial charge in [0.2, 0.25) is 0 Å². The fourth-order valence-corrected chi connectivity index (χ4v) is 5.38. The van der Waals surface area contributed by atoms with Crippen molar-refractivity contribution < 1.29 is 18.0 Å². The van der Waals surface area contributed by atoms with Gasteiger partial charge in [-0.3, -0.25) is 4.79 Å². The highest BCUT2D eigenvalue weighted by Gasteiger charge is 2.44. The number of alkyl halides is 3. The summed E-state index contributed by atoms with van der Waals surface area (Å²) in [5.74, 6) is -0.136. The normalized spacial score (nSPS) is 20.7. The lowest BCUT2D eigenvalue weighted by Crippen LogP contribution is -2.18. The number of nitrogens with one attached hydrogen (secondary N) is 1. The van der Waals surface area contributed by atoms with Gasteiger partial charge in [0.1, 0.15) is 4.88 Å². The van der Waals surface area contributed by atoms with E-state index in [4.69, 9.17) is 0 Å². The van der Waals surface area contributed by atoms with Gasteiger partial charge in [-0.25, -0.2) is 4.98 Å². The van der Waals surface area contributed by atoms with E-state index < -0.39 is 17.8 Å². The number of fused-ring (bicyclic) bond motifs is 5. The van der Waals surface area contributed by atoms with Crippen LogP contribution in [0, 0.1) is 6.92 Å². The third-order valence-electron chi connectivity index (χ3n) is 5.39. The van der Waals surface area contributed by atoms with Crippen LogP contribution in [0.1, 0.15) is 70.0 Å². The molecular weight excluding hydrogens is 373 g/mol. The van der Waals surface area contributed by atoms with Gasteiger partial charge in [0.05, 0.1) is 5.01 Å². The monoisotopic (exact) mass is 392 g/mol. The molecule has 3 nitrogen and oxygen atoms in total.